The molecule has 9 nitrogen and oxygen atoms in total. The molecule has 0 aliphatic carbocycles. The molecule has 0 unspecified atom stereocenters. The molecule has 4 N–H and O–H groups in total. The van der Waals surface area contributed by atoms with Crippen LogP contribution in [-0.2, 0) is 4.79 Å². The van der Waals surface area contributed by atoms with Crippen LogP contribution in [0.1, 0.15) is 16.8 Å². The molecule has 1 amide bonds. The van der Waals surface area contributed by atoms with Gasteiger partial charge in [0.25, 0.3) is 0 Å². The third kappa shape index (κ3) is 4.22. The highest BCUT2D eigenvalue weighted by molar-refractivity contribution is 6.32. The molecule has 2 aromatic heterocycles. The van der Waals surface area contributed by atoms with Crippen LogP contribution in [0.15, 0.2) is 24.4 Å². The van der Waals surface area contributed by atoms with Crippen molar-refractivity contribution in [3.8, 4) is 0 Å². The Labute approximate surface area is 179 Å². The van der Waals surface area contributed by atoms with E-state index in [2.05, 4.69) is 36.1 Å². The number of nitrogens with zero attached hydrogens (tertiary/aromatic N) is 4. The molecule has 1 aliphatic rings. The van der Waals surface area contributed by atoms with Gasteiger partial charge in [0.1, 0.15) is 5.02 Å². The first kappa shape index (κ1) is 20.1. The number of aryl methyl sites for hydroxylation is 3. The van der Waals surface area contributed by atoms with Gasteiger partial charge < -0.3 is 20.9 Å². The van der Waals surface area contributed by atoms with E-state index >= 15 is 0 Å². The summed E-state index contributed by atoms with van der Waals surface area (Å²) in [5, 5.41) is 16.8. The number of benzene rings is 1. The van der Waals surface area contributed by atoms with Crippen LogP contribution in [-0.4, -0.2) is 45.7 Å². The lowest BCUT2D eigenvalue weighted by molar-refractivity contribution is -0.118. The van der Waals surface area contributed by atoms with Crippen molar-refractivity contribution in [3.05, 3.63) is 46.2 Å². The zero-order valence-corrected chi connectivity index (χ0v) is 17.8. The first-order chi connectivity index (χ1) is 14.4. The summed E-state index contributed by atoms with van der Waals surface area (Å²) in [6, 6.07) is 5.87. The van der Waals surface area contributed by atoms with E-state index < -0.39 is 0 Å². The minimum absolute atomic E-state index is 0.0785. The molecule has 1 saturated heterocycles. The summed E-state index contributed by atoms with van der Waals surface area (Å²) in [7, 11) is 0. The summed E-state index contributed by atoms with van der Waals surface area (Å²) in [6.07, 6.45) is 1.54. The zero-order chi connectivity index (χ0) is 21.3. The number of rotatable bonds is 5. The third-order valence-electron chi connectivity index (χ3n) is 4.87. The molecule has 3 heterocycles. The van der Waals surface area contributed by atoms with E-state index in [-0.39, 0.29) is 5.91 Å². The van der Waals surface area contributed by atoms with Crippen LogP contribution in [0.25, 0.3) is 0 Å². The molecule has 0 bridgehead atoms. The number of carbonyl (C=O) groups is 1. The molecule has 3 aromatic rings. The van der Waals surface area contributed by atoms with E-state index in [1.165, 1.54) is 6.20 Å². The van der Waals surface area contributed by atoms with Crippen molar-refractivity contribution in [1.29, 1.82) is 0 Å². The Morgan fingerprint density at radius 1 is 1.13 bits per heavy atom. The SMILES string of the molecule is Cc1cc(Nc2nc(Nc3cc(C)c(N4CCNCC4=O)cc3C)ncc2Cl)n[nH]1. The summed E-state index contributed by atoms with van der Waals surface area (Å²) >= 11 is 6.24. The minimum Gasteiger partial charge on any atom is -0.324 e. The topological polar surface area (TPSA) is 111 Å². The largest absolute Gasteiger partial charge is 0.324 e. The highest BCUT2D eigenvalue weighted by atomic mass is 35.5. The van der Waals surface area contributed by atoms with Crippen LogP contribution >= 0.6 is 11.6 Å². The lowest BCUT2D eigenvalue weighted by Gasteiger charge is -2.29. The molecule has 30 heavy (non-hydrogen) atoms. The summed E-state index contributed by atoms with van der Waals surface area (Å²) in [4.78, 5) is 22.8. The number of aromatic amines is 1. The number of piperazine rings is 1. The maximum absolute atomic E-state index is 12.3. The fraction of sp³-hybridized carbons (Fsp3) is 0.300. The lowest BCUT2D eigenvalue weighted by Crippen LogP contribution is -2.48. The van der Waals surface area contributed by atoms with Crippen LogP contribution in [0.2, 0.25) is 5.02 Å². The molecule has 0 spiro atoms. The van der Waals surface area contributed by atoms with E-state index in [0.717, 1.165) is 34.7 Å². The zero-order valence-electron chi connectivity index (χ0n) is 17.0. The van der Waals surface area contributed by atoms with Crippen LogP contribution in [0.4, 0.5) is 29.0 Å². The Morgan fingerprint density at radius 3 is 2.70 bits per heavy atom. The van der Waals surface area contributed by atoms with Gasteiger partial charge in [-0.05, 0) is 44.0 Å². The number of hydrogen-bond donors (Lipinski definition) is 4. The second kappa shape index (κ2) is 8.29. The second-order valence-electron chi connectivity index (χ2n) is 7.25. The van der Waals surface area contributed by atoms with Crippen molar-refractivity contribution < 1.29 is 4.79 Å². The molecular weight excluding hydrogens is 404 g/mol. The van der Waals surface area contributed by atoms with Crippen molar-refractivity contribution in [2.75, 3.05) is 35.2 Å². The second-order valence-corrected chi connectivity index (χ2v) is 7.66. The summed E-state index contributed by atoms with van der Waals surface area (Å²) in [5.41, 5.74) is 4.70. The van der Waals surface area contributed by atoms with Crippen LogP contribution in [0, 0.1) is 20.8 Å². The summed E-state index contributed by atoms with van der Waals surface area (Å²) in [6.45, 7) is 7.70. The molecule has 0 saturated carbocycles. The Morgan fingerprint density at radius 2 is 1.97 bits per heavy atom. The van der Waals surface area contributed by atoms with Crippen molar-refractivity contribution in [3.63, 3.8) is 0 Å². The number of halogens is 1. The van der Waals surface area contributed by atoms with Gasteiger partial charge in [0, 0.05) is 36.2 Å². The monoisotopic (exact) mass is 426 g/mol. The average Bonchev–Trinajstić information content (AvgIpc) is 3.12. The molecule has 1 fully saturated rings. The summed E-state index contributed by atoms with van der Waals surface area (Å²) in [5.74, 6) is 1.56. The molecule has 4 rings (SSSR count). The molecular formula is C20H23ClN8O. The van der Waals surface area contributed by atoms with Gasteiger partial charge in [0.15, 0.2) is 11.6 Å². The number of carbonyl (C=O) groups excluding carboxylic acids is 1. The number of aromatic nitrogens is 4. The maximum Gasteiger partial charge on any atom is 0.240 e. The van der Waals surface area contributed by atoms with Crippen molar-refractivity contribution in [1.82, 2.24) is 25.5 Å². The van der Waals surface area contributed by atoms with Crippen molar-refractivity contribution >= 4 is 46.5 Å². The molecule has 1 aromatic carbocycles. The van der Waals surface area contributed by atoms with Gasteiger partial charge in [-0.3, -0.25) is 9.89 Å². The number of H-pyrrole nitrogens is 1. The molecule has 0 atom stereocenters. The fourth-order valence-corrected chi connectivity index (χ4v) is 3.46. The normalized spacial score (nSPS) is 14.1. The van der Waals surface area contributed by atoms with E-state index in [1.54, 1.807) is 0 Å². The predicted octanol–water partition coefficient (Wildman–Crippen LogP) is 3.20. The predicted molar refractivity (Wildman–Crippen MR) is 118 cm³/mol. The fourth-order valence-electron chi connectivity index (χ4n) is 3.33. The van der Waals surface area contributed by atoms with Crippen LogP contribution < -0.4 is 20.9 Å². The van der Waals surface area contributed by atoms with Crippen molar-refractivity contribution in [2.45, 2.75) is 20.8 Å². The van der Waals surface area contributed by atoms with E-state index in [1.807, 2.05) is 43.9 Å². The summed E-state index contributed by atoms with van der Waals surface area (Å²) < 4.78 is 0. The third-order valence-corrected chi connectivity index (χ3v) is 5.14. The average molecular weight is 427 g/mol. The van der Waals surface area contributed by atoms with Gasteiger partial charge in [-0.1, -0.05) is 11.6 Å². The van der Waals surface area contributed by atoms with Crippen LogP contribution in [0.5, 0.6) is 0 Å². The molecule has 156 valence electrons. The van der Waals surface area contributed by atoms with Gasteiger partial charge in [-0.2, -0.15) is 10.1 Å². The number of nitrogens with one attached hydrogen (secondary N) is 4. The van der Waals surface area contributed by atoms with Gasteiger partial charge in [0.2, 0.25) is 11.9 Å². The van der Waals surface area contributed by atoms with Crippen LogP contribution in [0.3, 0.4) is 0 Å². The number of anilines is 5. The quantitative estimate of drug-likeness (QED) is 0.495. The highest BCUT2D eigenvalue weighted by Crippen LogP contribution is 2.30. The first-order valence-electron chi connectivity index (χ1n) is 9.61. The standard InChI is InChI=1S/C20H23ClN8O/c1-11-7-16(29-5-4-22-10-18(29)30)12(2)6-15(11)24-20-23-9-14(21)19(26-20)25-17-8-13(3)27-28-17/h6-9,22H,4-5,10H2,1-3H3,(H3,23,24,25,26,27,28). The maximum atomic E-state index is 12.3. The molecule has 1 aliphatic heterocycles. The molecule has 0 radical (unpaired) electrons. The van der Waals surface area contributed by atoms with E-state index in [0.29, 0.717) is 35.7 Å². The Balaban J connectivity index is 1.57. The Hall–Kier alpha value is -3.17. The van der Waals surface area contributed by atoms with Gasteiger partial charge in [-0.25, -0.2) is 4.98 Å². The van der Waals surface area contributed by atoms with Gasteiger partial charge in [-0.15, -0.1) is 0 Å². The van der Waals surface area contributed by atoms with Crippen molar-refractivity contribution in [2.24, 2.45) is 0 Å². The Bertz CT molecular complexity index is 1100. The van der Waals surface area contributed by atoms with E-state index in [9.17, 15) is 4.79 Å². The minimum atomic E-state index is 0.0785. The lowest BCUT2D eigenvalue weighted by atomic mass is 10.1. The van der Waals surface area contributed by atoms with Gasteiger partial charge >= 0.3 is 0 Å². The van der Waals surface area contributed by atoms with Gasteiger partial charge in [0.05, 0.1) is 12.7 Å². The number of amides is 1. The number of hydrogen-bond acceptors (Lipinski definition) is 7. The van der Waals surface area contributed by atoms with E-state index in [4.69, 9.17) is 11.6 Å². The highest BCUT2D eigenvalue weighted by Gasteiger charge is 2.21. The Kier molecular flexibility index (Phi) is 5.56. The smallest absolute Gasteiger partial charge is 0.240 e. The molecule has 10 heteroatoms. The first-order valence-corrected chi connectivity index (χ1v) is 9.99.